The van der Waals surface area contributed by atoms with E-state index in [4.69, 9.17) is 0 Å². The van der Waals surface area contributed by atoms with Crippen LogP contribution in [-0.2, 0) is 9.59 Å². The number of benzene rings is 1. The second-order valence-corrected chi connectivity index (χ2v) is 5.88. The van der Waals surface area contributed by atoms with Crippen molar-refractivity contribution in [3.63, 3.8) is 0 Å². The second kappa shape index (κ2) is 6.74. The maximum absolute atomic E-state index is 12.4. The fraction of sp³-hybridized carbons (Fsp3) is 0.529. The number of carbonyl (C=O) groups excluding carboxylic acids is 1. The van der Waals surface area contributed by atoms with Crippen LogP contribution in [0.5, 0.6) is 0 Å². The number of carbonyl (C=O) groups is 2. The Labute approximate surface area is 125 Å². The van der Waals surface area contributed by atoms with Gasteiger partial charge in [0.05, 0.1) is 11.3 Å². The van der Waals surface area contributed by atoms with Gasteiger partial charge in [0.1, 0.15) is 0 Å². The fourth-order valence-electron chi connectivity index (χ4n) is 3.16. The van der Waals surface area contributed by atoms with E-state index in [0.29, 0.717) is 19.3 Å². The molecule has 0 bridgehead atoms. The molecule has 1 amide bonds. The lowest BCUT2D eigenvalue weighted by molar-refractivity contribution is -0.148. The van der Waals surface area contributed by atoms with Crippen molar-refractivity contribution in [1.82, 2.24) is 5.32 Å². The number of amides is 1. The van der Waals surface area contributed by atoms with Crippen LogP contribution in [0.4, 0.5) is 0 Å². The Morgan fingerprint density at radius 2 is 1.86 bits per heavy atom. The summed E-state index contributed by atoms with van der Waals surface area (Å²) < 4.78 is 0. The van der Waals surface area contributed by atoms with Crippen LogP contribution in [0.25, 0.3) is 0 Å². The number of nitrogens with one attached hydrogen (secondary N) is 1. The van der Waals surface area contributed by atoms with Crippen molar-refractivity contribution in [2.45, 2.75) is 44.9 Å². The molecule has 0 spiro atoms. The van der Waals surface area contributed by atoms with Crippen LogP contribution < -0.4 is 5.32 Å². The molecule has 0 aliphatic heterocycles. The van der Waals surface area contributed by atoms with Gasteiger partial charge >= 0.3 is 5.97 Å². The largest absolute Gasteiger partial charge is 0.481 e. The minimum absolute atomic E-state index is 0.0729. The highest BCUT2D eigenvalue weighted by Crippen LogP contribution is 2.38. The third-order valence-corrected chi connectivity index (χ3v) is 4.54. The number of hydrogen-bond acceptors (Lipinski definition) is 2. The molecule has 1 aliphatic carbocycles. The van der Waals surface area contributed by atoms with E-state index in [-0.39, 0.29) is 18.4 Å². The van der Waals surface area contributed by atoms with Crippen molar-refractivity contribution >= 4 is 11.9 Å². The Kier molecular flexibility index (Phi) is 4.99. The first-order valence-electron chi connectivity index (χ1n) is 7.65. The van der Waals surface area contributed by atoms with Gasteiger partial charge in [-0.25, -0.2) is 0 Å². The summed E-state index contributed by atoms with van der Waals surface area (Å²) >= 11 is 0. The van der Waals surface area contributed by atoms with Crippen molar-refractivity contribution in [3.05, 3.63) is 35.9 Å². The SMILES string of the molecule is CCC(C(=O)NCC1(C(=O)O)CCCC1)c1ccccc1. The van der Waals surface area contributed by atoms with Gasteiger partial charge in [-0.05, 0) is 24.8 Å². The van der Waals surface area contributed by atoms with Gasteiger partial charge in [-0.2, -0.15) is 0 Å². The summed E-state index contributed by atoms with van der Waals surface area (Å²) in [6, 6.07) is 9.64. The molecule has 1 aromatic rings. The van der Waals surface area contributed by atoms with E-state index in [1.165, 1.54) is 0 Å². The molecular formula is C17H23NO3. The van der Waals surface area contributed by atoms with Crippen molar-refractivity contribution in [2.75, 3.05) is 6.54 Å². The van der Waals surface area contributed by atoms with Crippen LogP contribution in [0.1, 0.15) is 50.5 Å². The smallest absolute Gasteiger partial charge is 0.311 e. The molecule has 1 fully saturated rings. The summed E-state index contributed by atoms with van der Waals surface area (Å²) in [7, 11) is 0. The monoisotopic (exact) mass is 289 g/mol. The van der Waals surface area contributed by atoms with Crippen LogP contribution in [-0.4, -0.2) is 23.5 Å². The maximum Gasteiger partial charge on any atom is 0.311 e. The Bertz CT molecular complexity index is 492. The molecule has 2 N–H and O–H groups in total. The van der Waals surface area contributed by atoms with Gasteiger partial charge < -0.3 is 10.4 Å². The Morgan fingerprint density at radius 3 is 2.38 bits per heavy atom. The van der Waals surface area contributed by atoms with E-state index >= 15 is 0 Å². The van der Waals surface area contributed by atoms with Gasteiger partial charge in [0, 0.05) is 6.54 Å². The zero-order valence-electron chi connectivity index (χ0n) is 12.5. The van der Waals surface area contributed by atoms with E-state index in [2.05, 4.69) is 5.32 Å². The van der Waals surface area contributed by atoms with Gasteiger partial charge in [0.2, 0.25) is 5.91 Å². The first-order chi connectivity index (χ1) is 10.1. The summed E-state index contributed by atoms with van der Waals surface area (Å²) in [5.41, 5.74) is 0.221. The number of hydrogen-bond donors (Lipinski definition) is 2. The van der Waals surface area contributed by atoms with E-state index in [9.17, 15) is 14.7 Å². The molecule has 0 saturated heterocycles. The molecule has 1 aliphatic rings. The summed E-state index contributed by atoms with van der Waals surface area (Å²) in [6.45, 7) is 2.21. The van der Waals surface area contributed by atoms with Crippen LogP contribution >= 0.6 is 0 Å². The molecule has 4 nitrogen and oxygen atoms in total. The summed E-state index contributed by atoms with van der Waals surface area (Å²) in [5.74, 6) is -1.07. The zero-order chi connectivity index (χ0) is 15.3. The van der Waals surface area contributed by atoms with Crippen molar-refractivity contribution in [3.8, 4) is 0 Å². The van der Waals surface area contributed by atoms with Gasteiger partial charge in [-0.3, -0.25) is 9.59 Å². The number of rotatable bonds is 6. The van der Waals surface area contributed by atoms with Gasteiger partial charge in [-0.15, -0.1) is 0 Å². The van der Waals surface area contributed by atoms with Gasteiger partial charge in [0.15, 0.2) is 0 Å². The lowest BCUT2D eigenvalue weighted by atomic mass is 9.86. The molecule has 21 heavy (non-hydrogen) atoms. The molecule has 114 valence electrons. The normalized spacial score (nSPS) is 18.1. The number of carboxylic acids is 1. The Morgan fingerprint density at radius 1 is 1.24 bits per heavy atom. The standard InChI is InChI=1S/C17H23NO3/c1-2-14(13-8-4-3-5-9-13)15(19)18-12-17(16(20)21)10-6-7-11-17/h3-5,8-9,14H,2,6-7,10-12H2,1H3,(H,18,19)(H,20,21). The third-order valence-electron chi connectivity index (χ3n) is 4.54. The van der Waals surface area contributed by atoms with Gasteiger partial charge in [-0.1, -0.05) is 50.1 Å². The first-order valence-corrected chi connectivity index (χ1v) is 7.65. The zero-order valence-corrected chi connectivity index (χ0v) is 12.5. The van der Waals surface area contributed by atoms with E-state index in [1.54, 1.807) is 0 Å². The van der Waals surface area contributed by atoms with Crippen LogP contribution in [0.3, 0.4) is 0 Å². The minimum Gasteiger partial charge on any atom is -0.481 e. The highest BCUT2D eigenvalue weighted by Gasteiger charge is 2.41. The van der Waals surface area contributed by atoms with E-state index in [1.807, 2.05) is 37.3 Å². The van der Waals surface area contributed by atoms with E-state index < -0.39 is 11.4 Å². The third kappa shape index (κ3) is 3.43. The van der Waals surface area contributed by atoms with Crippen LogP contribution in [0, 0.1) is 5.41 Å². The lowest BCUT2D eigenvalue weighted by Gasteiger charge is -2.25. The molecule has 0 aromatic heterocycles. The van der Waals surface area contributed by atoms with Crippen molar-refractivity contribution in [2.24, 2.45) is 5.41 Å². The fourth-order valence-corrected chi connectivity index (χ4v) is 3.16. The topological polar surface area (TPSA) is 66.4 Å². The quantitative estimate of drug-likeness (QED) is 0.846. The Hall–Kier alpha value is -1.84. The second-order valence-electron chi connectivity index (χ2n) is 5.88. The maximum atomic E-state index is 12.4. The van der Waals surface area contributed by atoms with Crippen molar-refractivity contribution < 1.29 is 14.7 Å². The molecule has 1 aromatic carbocycles. The predicted molar refractivity (Wildman–Crippen MR) is 81.0 cm³/mol. The molecule has 1 unspecified atom stereocenters. The summed E-state index contributed by atoms with van der Waals surface area (Å²) in [6.07, 6.45) is 3.88. The molecule has 1 atom stereocenters. The minimum atomic E-state index is -0.784. The molecule has 0 heterocycles. The number of carboxylic acid groups (broad SMARTS) is 1. The lowest BCUT2D eigenvalue weighted by Crippen LogP contribution is -2.42. The van der Waals surface area contributed by atoms with Crippen LogP contribution in [0.15, 0.2) is 30.3 Å². The molecule has 2 rings (SSSR count). The molecule has 1 saturated carbocycles. The molecular weight excluding hydrogens is 266 g/mol. The predicted octanol–water partition coefficient (Wildman–Crippen LogP) is 2.94. The molecule has 0 radical (unpaired) electrons. The highest BCUT2D eigenvalue weighted by molar-refractivity contribution is 5.84. The first kappa shape index (κ1) is 15.5. The molecule has 4 heteroatoms. The average molecular weight is 289 g/mol. The Balaban J connectivity index is 2.01. The average Bonchev–Trinajstić information content (AvgIpc) is 2.97. The van der Waals surface area contributed by atoms with Crippen molar-refractivity contribution in [1.29, 1.82) is 0 Å². The number of aliphatic carboxylic acids is 1. The van der Waals surface area contributed by atoms with E-state index in [0.717, 1.165) is 18.4 Å². The summed E-state index contributed by atoms with van der Waals surface area (Å²) in [4.78, 5) is 23.9. The van der Waals surface area contributed by atoms with Gasteiger partial charge in [0.25, 0.3) is 0 Å². The summed E-state index contributed by atoms with van der Waals surface area (Å²) in [5, 5.41) is 12.3. The van der Waals surface area contributed by atoms with Crippen LogP contribution in [0.2, 0.25) is 0 Å². The highest BCUT2D eigenvalue weighted by atomic mass is 16.4.